The lowest BCUT2D eigenvalue weighted by Crippen LogP contribution is -2.43. The van der Waals surface area contributed by atoms with E-state index in [1.807, 2.05) is 0 Å². The molecule has 3 saturated heterocycles. The molecule has 0 aliphatic carbocycles. The number of piperidine rings is 1. The van der Waals surface area contributed by atoms with Gasteiger partial charge < -0.3 is 10.2 Å². The van der Waals surface area contributed by atoms with E-state index in [9.17, 15) is 18.0 Å². The Morgan fingerprint density at radius 3 is 2.61 bits per heavy atom. The van der Waals surface area contributed by atoms with Gasteiger partial charge in [-0.25, -0.2) is 8.42 Å². The van der Waals surface area contributed by atoms with Crippen molar-refractivity contribution < 1.29 is 18.0 Å². The molecule has 7 heteroatoms. The summed E-state index contributed by atoms with van der Waals surface area (Å²) in [6, 6.07) is 8.15. The van der Waals surface area contributed by atoms with Gasteiger partial charge >= 0.3 is 0 Å². The molecule has 23 heavy (non-hydrogen) atoms. The van der Waals surface area contributed by atoms with Crippen molar-refractivity contribution in [3.05, 3.63) is 30.3 Å². The topological polar surface area (TPSA) is 83.6 Å². The van der Waals surface area contributed by atoms with Gasteiger partial charge in [-0.3, -0.25) is 9.59 Å². The zero-order valence-electron chi connectivity index (χ0n) is 12.8. The molecule has 2 amide bonds. The van der Waals surface area contributed by atoms with Crippen molar-refractivity contribution >= 4 is 21.7 Å². The summed E-state index contributed by atoms with van der Waals surface area (Å²) in [7, 11) is -3.46. The summed E-state index contributed by atoms with van der Waals surface area (Å²) >= 11 is 0. The van der Waals surface area contributed by atoms with Crippen LogP contribution in [-0.4, -0.2) is 50.0 Å². The normalized spacial score (nSPS) is 24.2. The van der Waals surface area contributed by atoms with Gasteiger partial charge in [0.05, 0.1) is 16.6 Å². The highest BCUT2D eigenvalue weighted by Gasteiger charge is 2.36. The molecule has 3 aliphatic rings. The zero-order chi connectivity index (χ0) is 16.4. The molecule has 3 aliphatic heterocycles. The molecule has 0 unspecified atom stereocenters. The molecular weight excluding hydrogens is 316 g/mol. The first-order valence-electron chi connectivity index (χ1n) is 7.82. The fraction of sp³-hybridized carbons (Fsp3) is 0.500. The van der Waals surface area contributed by atoms with E-state index in [1.165, 1.54) is 12.1 Å². The number of sulfone groups is 1. The lowest BCUT2D eigenvalue weighted by Gasteiger charge is -2.23. The highest BCUT2D eigenvalue weighted by Crippen LogP contribution is 2.23. The van der Waals surface area contributed by atoms with E-state index in [0.29, 0.717) is 13.1 Å². The quantitative estimate of drug-likeness (QED) is 0.872. The van der Waals surface area contributed by atoms with Crippen molar-refractivity contribution in [2.45, 2.75) is 30.2 Å². The fourth-order valence-electron chi connectivity index (χ4n) is 3.17. The average Bonchev–Trinajstić information content (AvgIpc) is 2.85. The predicted octanol–water partition coefficient (Wildman–Crippen LogP) is 0.587. The monoisotopic (exact) mass is 336 g/mol. The molecule has 0 saturated carbocycles. The summed E-state index contributed by atoms with van der Waals surface area (Å²) in [4.78, 5) is 26.1. The van der Waals surface area contributed by atoms with E-state index in [2.05, 4.69) is 5.32 Å². The Labute approximate surface area is 135 Å². The fourth-order valence-corrected chi connectivity index (χ4v) is 4.42. The maximum Gasteiger partial charge on any atom is 0.225 e. The van der Waals surface area contributed by atoms with Crippen molar-refractivity contribution in [1.29, 1.82) is 0 Å². The molecule has 1 aromatic carbocycles. The van der Waals surface area contributed by atoms with Crippen LogP contribution in [-0.2, 0) is 19.4 Å². The Bertz CT molecular complexity index is 702. The highest BCUT2D eigenvalue weighted by molar-refractivity contribution is 7.91. The molecular formula is C16H20N2O4S. The Morgan fingerprint density at radius 1 is 1.17 bits per heavy atom. The van der Waals surface area contributed by atoms with Crippen LogP contribution in [0.3, 0.4) is 0 Å². The van der Waals surface area contributed by atoms with E-state index in [0.717, 1.165) is 12.8 Å². The SMILES string of the molecule is O=C1N[C@H]2CC[C@@H]1CN(C(=O)CCS(=O)(=O)c1ccccc1)C2. The number of carbonyl (C=O) groups is 2. The summed E-state index contributed by atoms with van der Waals surface area (Å²) in [6.45, 7) is 0.874. The first-order valence-corrected chi connectivity index (χ1v) is 9.47. The van der Waals surface area contributed by atoms with Crippen LogP contribution in [0.2, 0.25) is 0 Å². The number of benzene rings is 1. The minimum absolute atomic E-state index is 0.00377. The van der Waals surface area contributed by atoms with Crippen LogP contribution in [0.4, 0.5) is 0 Å². The molecule has 6 nitrogen and oxygen atoms in total. The van der Waals surface area contributed by atoms with Gasteiger partial charge in [-0.1, -0.05) is 18.2 Å². The van der Waals surface area contributed by atoms with Crippen molar-refractivity contribution in [2.24, 2.45) is 5.92 Å². The summed E-state index contributed by atoms with van der Waals surface area (Å²) < 4.78 is 24.5. The summed E-state index contributed by atoms with van der Waals surface area (Å²) in [5.74, 6) is -0.557. The van der Waals surface area contributed by atoms with Crippen molar-refractivity contribution in [3.63, 3.8) is 0 Å². The minimum Gasteiger partial charge on any atom is -0.351 e. The summed E-state index contributed by atoms with van der Waals surface area (Å²) in [5, 5.41) is 2.91. The molecule has 1 aromatic rings. The number of nitrogens with zero attached hydrogens (tertiary/aromatic N) is 1. The molecule has 3 fully saturated rings. The molecule has 0 radical (unpaired) electrons. The summed E-state index contributed by atoms with van der Waals surface area (Å²) in [6.07, 6.45) is 1.62. The largest absolute Gasteiger partial charge is 0.351 e. The van der Waals surface area contributed by atoms with Gasteiger partial charge in [0.2, 0.25) is 11.8 Å². The number of hydrogen-bond donors (Lipinski definition) is 1. The van der Waals surface area contributed by atoms with E-state index in [-0.39, 0.29) is 40.8 Å². The molecule has 4 rings (SSSR count). The smallest absolute Gasteiger partial charge is 0.225 e. The van der Waals surface area contributed by atoms with Crippen molar-refractivity contribution in [1.82, 2.24) is 10.2 Å². The summed E-state index contributed by atoms with van der Waals surface area (Å²) in [5.41, 5.74) is 0. The third-order valence-corrected chi connectivity index (χ3v) is 6.23. The average molecular weight is 336 g/mol. The van der Waals surface area contributed by atoms with Crippen LogP contribution in [0.25, 0.3) is 0 Å². The Kier molecular flexibility index (Phi) is 4.39. The van der Waals surface area contributed by atoms with Crippen LogP contribution < -0.4 is 5.32 Å². The van der Waals surface area contributed by atoms with Gasteiger partial charge in [0, 0.05) is 25.6 Å². The molecule has 0 aromatic heterocycles. The van der Waals surface area contributed by atoms with Gasteiger partial charge in [-0.05, 0) is 25.0 Å². The van der Waals surface area contributed by atoms with E-state index in [4.69, 9.17) is 0 Å². The molecule has 124 valence electrons. The van der Waals surface area contributed by atoms with Gasteiger partial charge in [-0.2, -0.15) is 0 Å². The van der Waals surface area contributed by atoms with Gasteiger partial charge in [-0.15, -0.1) is 0 Å². The molecule has 0 spiro atoms. The number of nitrogens with one attached hydrogen (secondary N) is 1. The van der Waals surface area contributed by atoms with Gasteiger partial charge in [0.15, 0.2) is 9.84 Å². The van der Waals surface area contributed by atoms with E-state index < -0.39 is 9.84 Å². The Hall–Kier alpha value is -1.89. The predicted molar refractivity (Wildman–Crippen MR) is 84.3 cm³/mol. The Morgan fingerprint density at radius 2 is 1.91 bits per heavy atom. The molecule has 2 atom stereocenters. The maximum absolute atomic E-state index is 12.4. The molecule has 2 bridgehead atoms. The van der Waals surface area contributed by atoms with Crippen LogP contribution in [0.1, 0.15) is 19.3 Å². The third-order valence-electron chi connectivity index (χ3n) is 4.50. The highest BCUT2D eigenvalue weighted by atomic mass is 32.2. The second-order valence-electron chi connectivity index (χ2n) is 6.16. The van der Waals surface area contributed by atoms with Crippen LogP contribution in [0.15, 0.2) is 35.2 Å². The molecule has 1 N–H and O–H groups in total. The van der Waals surface area contributed by atoms with E-state index in [1.54, 1.807) is 23.1 Å². The number of rotatable bonds is 4. The number of hydrogen-bond acceptors (Lipinski definition) is 4. The molecule has 3 heterocycles. The number of amides is 2. The van der Waals surface area contributed by atoms with E-state index >= 15 is 0 Å². The number of fused-ring (bicyclic) bond motifs is 4. The van der Waals surface area contributed by atoms with Crippen LogP contribution in [0, 0.1) is 5.92 Å². The zero-order valence-corrected chi connectivity index (χ0v) is 13.6. The van der Waals surface area contributed by atoms with Crippen molar-refractivity contribution in [2.75, 3.05) is 18.8 Å². The third kappa shape index (κ3) is 3.55. The van der Waals surface area contributed by atoms with Crippen molar-refractivity contribution in [3.8, 4) is 0 Å². The standard InChI is InChI=1S/C16H20N2O4S/c19-15(8-9-23(21,22)14-4-2-1-3-5-14)18-10-12-6-7-13(11-18)17-16(12)20/h1-5,12-13H,6-11H2,(H,17,20)/t12-,13+/m1/s1. The lowest BCUT2D eigenvalue weighted by molar-refractivity contribution is -0.131. The number of carbonyl (C=O) groups excluding carboxylic acids is 2. The van der Waals surface area contributed by atoms with Gasteiger partial charge in [0.1, 0.15) is 0 Å². The van der Waals surface area contributed by atoms with Crippen LogP contribution in [0.5, 0.6) is 0 Å². The van der Waals surface area contributed by atoms with Gasteiger partial charge in [0.25, 0.3) is 0 Å². The first kappa shape index (κ1) is 16.0. The lowest BCUT2D eigenvalue weighted by atomic mass is 9.96. The first-order chi connectivity index (χ1) is 11.0. The maximum atomic E-state index is 12.4. The second-order valence-corrected chi connectivity index (χ2v) is 8.27. The minimum atomic E-state index is -3.46. The van der Waals surface area contributed by atoms with Crippen LogP contribution >= 0.6 is 0 Å². The Balaban J connectivity index is 1.63. The second kappa shape index (κ2) is 6.31.